The van der Waals surface area contributed by atoms with Gasteiger partial charge >= 0.3 is 6.03 Å². The van der Waals surface area contributed by atoms with Crippen LogP contribution in [0.1, 0.15) is 17.4 Å². The van der Waals surface area contributed by atoms with E-state index in [1.54, 1.807) is 18.3 Å². The lowest BCUT2D eigenvalue weighted by Crippen LogP contribution is -2.41. The summed E-state index contributed by atoms with van der Waals surface area (Å²) in [6.07, 6.45) is 0. The van der Waals surface area contributed by atoms with Crippen molar-refractivity contribution in [3.63, 3.8) is 0 Å². The summed E-state index contributed by atoms with van der Waals surface area (Å²) in [5, 5.41) is 5.32. The van der Waals surface area contributed by atoms with E-state index in [9.17, 15) is 9.59 Å². The first-order valence-corrected chi connectivity index (χ1v) is 8.25. The number of fused-ring (bicyclic) bond motifs is 1. The van der Waals surface area contributed by atoms with Crippen molar-refractivity contribution in [3.8, 4) is 0 Å². The lowest BCUT2D eigenvalue weighted by Gasteiger charge is -2.10. The van der Waals surface area contributed by atoms with Crippen molar-refractivity contribution in [2.75, 3.05) is 12.8 Å². The highest BCUT2D eigenvalue weighted by atomic mass is 32.2. The number of aryl methyl sites for hydroxylation is 2. The zero-order chi connectivity index (χ0) is 16.4. The number of nitrogen functional groups attached to an aromatic ring is 1. The summed E-state index contributed by atoms with van der Waals surface area (Å²) in [6.45, 7) is 5.67. The van der Waals surface area contributed by atoms with Gasteiger partial charge in [0.1, 0.15) is 10.6 Å². The molecule has 0 aliphatic heterocycles. The van der Waals surface area contributed by atoms with E-state index in [1.807, 2.05) is 13.8 Å². The van der Waals surface area contributed by atoms with Gasteiger partial charge in [-0.2, -0.15) is 0 Å². The van der Waals surface area contributed by atoms with Gasteiger partial charge < -0.3 is 11.1 Å². The molecule has 2 heterocycles. The van der Waals surface area contributed by atoms with Crippen molar-refractivity contribution in [3.05, 3.63) is 10.4 Å². The molecule has 0 aliphatic carbocycles. The van der Waals surface area contributed by atoms with Gasteiger partial charge in [0.25, 0.3) is 0 Å². The second kappa shape index (κ2) is 6.49. The summed E-state index contributed by atoms with van der Waals surface area (Å²) in [7, 11) is 1.44. The van der Waals surface area contributed by atoms with Crippen LogP contribution in [0.3, 0.4) is 0 Å². The lowest BCUT2D eigenvalue weighted by molar-refractivity contribution is -0.119. The average molecular weight is 339 g/mol. The summed E-state index contributed by atoms with van der Waals surface area (Å²) in [4.78, 5) is 33.6. The molecule has 22 heavy (non-hydrogen) atoms. The second-order valence-corrected chi connectivity index (χ2v) is 7.19. The van der Waals surface area contributed by atoms with E-state index in [4.69, 9.17) is 5.73 Å². The fourth-order valence-electron chi connectivity index (χ4n) is 1.80. The molecule has 0 fully saturated rings. The summed E-state index contributed by atoms with van der Waals surface area (Å²) < 4.78 is 0. The predicted molar refractivity (Wildman–Crippen MR) is 89.2 cm³/mol. The van der Waals surface area contributed by atoms with Crippen LogP contribution in [0, 0.1) is 13.8 Å². The quantitative estimate of drug-likeness (QED) is 0.581. The summed E-state index contributed by atoms with van der Waals surface area (Å²) in [5.74, 6) is -0.00146. The number of aromatic nitrogens is 2. The first kappa shape index (κ1) is 16.5. The first-order chi connectivity index (χ1) is 10.3. The Labute approximate surface area is 136 Å². The minimum Gasteiger partial charge on any atom is -0.383 e. The normalized spacial score (nSPS) is 12.2. The zero-order valence-corrected chi connectivity index (χ0v) is 14.3. The number of imide groups is 1. The predicted octanol–water partition coefficient (Wildman–Crippen LogP) is 1.83. The number of urea groups is 1. The standard InChI is InChI=1S/C13H17N5O2S2/c1-5-6(2)21-11-8(5)9(14)16-13(18-11)22-7(3)10(19)17-12(20)15-4/h7H,1-4H3,(H2,14,16,18)(H2,15,17,19,20)/t7-/m1/s1. The number of nitrogens with two attached hydrogens (primary N) is 1. The van der Waals surface area contributed by atoms with E-state index in [2.05, 4.69) is 20.6 Å². The molecule has 0 spiro atoms. The Kier molecular flexibility index (Phi) is 4.87. The van der Waals surface area contributed by atoms with Crippen molar-refractivity contribution in [1.29, 1.82) is 0 Å². The zero-order valence-electron chi connectivity index (χ0n) is 12.7. The number of thiophene rings is 1. The van der Waals surface area contributed by atoms with Crippen molar-refractivity contribution >= 4 is 51.1 Å². The molecule has 2 rings (SSSR count). The van der Waals surface area contributed by atoms with Crippen LogP contribution in [-0.2, 0) is 4.79 Å². The number of nitrogens with zero attached hydrogens (tertiary/aromatic N) is 2. The maximum absolute atomic E-state index is 11.8. The number of nitrogens with one attached hydrogen (secondary N) is 2. The Balaban J connectivity index is 2.21. The van der Waals surface area contributed by atoms with Gasteiger partial charge in [0.15, 0.2) is 5.16 Å². The third-order valence-electron chi connectivity index (χ3n) is 3.15. The van der Waals surface area contributed by atoms with Gasteiger partial charge in [-0.3, -0.25) is 10.1 Å². The van der Waals surface area contributed by atoms with E-state index in [0.29, 0.717) is 11.0 Å². The minimum absolute atomic E-state index is 0.410. The first-order valence-electron chi connectivity index (χ1n) is 6.56. The number of amides is 3. The molecule has 0 unspecified atom stereocenters. The fraction of sp³-hybridized carbons (Fsp3) is 0.385. The van der Waals surface area contributed by atoms with Gasteiger partial charge in [0, 0.05) is 11.9 Å². The molecule has 0 aromatic carbocycles. The third kappa shape index (κ3) is 3.30. The molecule has 1 atom stereocenters. The molecule has 2 aromatic heterocycles. The molecule has 7 nitrogen and oxygen atoms in total. The SMILES string of the molecule is CNC(=O)NC(=O)[C@@H](C)Sc1nc(N)c2c(C)c(C)sc2n1. The highest BCUT2D eigenvalue weighted by Gasteiger charge is 2.20. The van der Waals surface area contributed by atoms with Crippen LogP contribution in [0.25, 0.3) is 10.2 Å². The Hall–Kier alpha value is -1.87. The van der Waals surface area contributed by atoms with Crippen LogP contribution in [0.2, 0.25) is 0 Å². The van der Waals surface area contributed by atoms with Crippen molar-refractivity contribution in [2.45, 2.75) is 31.2 Å². The molecule has 0 bridgehead atoms. The van der Waals surface area contributed by atoms with E-state index in [-0.39, 0.29) is 0 Å². The van der Waals surface area contributed by atoms with Crippen molar-refractivity contribution < 1.29 is 9.59 Å². The average Bonchev–Trinajstić information content (AvgIpc) is 2.73. The molecule has 3 amide bonds. The number of hydrogen-bond acceptors (Lipinski definition) is 7. The van der Waals surface area contributed by atoms with Crippen LogP contribution in [0.4, 0.5) is 10.6 Å². The molecule has 0 radical (unpaired) electrons. The maximum atomic E-state index is 11.8. The molecule has 118 valence electrons. The van der Waals surface area contributed by atoms with E-state index in [0.717, 1.165) is 32.4 Å². The topological polar surface area (TPSA) is 110 Å². The number of anilines is 1. The Morgan fingerprint density at radius 3 is 2.64 bits per heavy atom. The molecule has 4 N–H and O–H groups in total. The van der Waals surface area contributed by atoms with Gasteiger partial charge in [0.2, 0.25) is 5.91 Å². The van der Waals surface area contributed by atoms with Crippen LogP contribution in [0.15, 0.2) is 5.16 Å². The van der Waals surface area contributed by atoms with Gasteiger partial charge in [-0.25, -0.2) is 14.8 Å². The summed E-state index contributed by atoms with van der Waals surface area (Å²) in [5.41, 5.74) is 7.09. The molecular weight excluding hydrogens is 322 g/mol. The van der Waals surface area contributed by atoms with Gasteiger partial charge in [0.05, 0.1) is 10.6 Å². The van der Waals surface area contributed by atoms with Gasteiger partial charge in [-0.05, 0) is 26.3 Å². The number of carbonyl (C=O) groups excluding carboxylic acids is 2. The summed E-state index contributed by atoms with van der Waals surface area (Å²) >= 11 is 2.71. The number of thioether (sulfide) groups is 1. The van der Waals surface area contributed by atoms with Crippen LogP contribution in [-0.4, -0.2) is 34.2 Å². The maximum Gasteiger partial charge on any atom is 0.321 e. The van der Waals surface area contributed by atoms with Crippen LogP contribution >= 0.6 is 23.1 Å². The van der Waals surface area contributed by atoms with E-state index < -0.39 is 17.2 Å². The third-order valence-corrected chi connectivity index (χ3v) is 5.21. The number of carbonyl (C=O) groups is 2. The number of rotatable bonds is 3. The van der Waals surface area contributed by atoms with Crippen LogP contribution in [0.5, 0.6) is 0 Å². The summed E-state index contributed by atoms with van der Waals surface area (Å²) in [6, 6.07) is -0.544. The fourth-order valence-corrected chi connectivity index (χ4v) is 3.67. The molecule has 9 heteroatoms. The minimum atomic E-state index is -0.544. The smallest absolute Gasteiger partial charge is 0.321 e. The molecule has 0 saturated carbocycles. The van der Waals surface area contributed by atoms with Crippen molar-refractivity contribution in [1.82, 2.24) is 20.6 Å². The largest absolute Gasteiger partial charge is 0.383 e. The van der Waals surface area contributed by atoms with Gasteiger partial charge in [-0.15, -0.1) is 11.3 Å². The molecule has 0 saturated heterocycles. The Morgan fingerprint density at radius 2 is 2.00 bits per heavy atom. The highest BCUT2D eigenvalue weighted by molar-refractivity contribution is 8.00. The lowest BCUT2D eigenvalue weighted by atomic mass is 10.2. The van der Waals surface area contributed by atoms with E-state index >= 15 is 0 Å². The molecule has 0 aliphatic rings. The van der Waals surface area contributed by atoms with Crippen LogP contribution < -0.4 is 16.4 Å². The van der Waals surface area contributed by atoms with Gasteiger partial charge in [-0.1, -0.05) is 11.8 Å². The van der Waals surface area contributed by atoms with Crippen molar-refractivity contribution in [2.24, 2.45) is 0 Å². The molecular formula is C13H17N5O2S2. The molecule has 2 aromatic rings. The second-order valence-electron chi connectivity index (χ2n) is 4.68. The van der Waals surface area contributed by atoms with E-state index in [1.165, 1.54) is 7.05 Å². The highest BCUT2D eigenvalue weighted by Crippen LogP contribution is 2.34. The Morgan fingerprint density at radius 1 is 1.32 bits per heavy atom. The number of hydrogen-bond donors (Lipinski definition) is 3. The monoisotopic (exact) mass is 339 g/mol. The Bertz CT molecular complexity index is 744.